The number of aromatic nitrogens is 2. The third kappa shape index (κ3) is 1.61. The monoisotopic (exact) mass is 264 g/mol. The maximum Gasteiger partial charge on any atom is 0.363 e. The SMILES string of the molecule is O=C1CC(c2ccccc2)Nc2[nH+]c3ccccc3n21. The molecule has 98 valence electrons. The predicted octanol–water partition coefficient (Wildman–Crippen LogP) is 2.65. The Hall–Kier alpha value is -2.62. The molecule has 0 amide bonds. The third-order valence-electron chi connectivity index (χ3n) is 3.76. The summed E-state index contributed by atoms with van der Waals surface area (Å²) in [7, 11) is 0. The van der Waals surface area contributed by atoms with Crippen molar-refractivity contribution in [2.75, 3.05) is 5.32 Å². The van der Waals surface area contributed by atoms with Crippen LogP contribution in [0.15, 0.2) is 54.6 Å². The molecule has 4 rings (SSSR count). The number of hydrogen-bond donors (Lipinski definition) is 1. The number of benzene rings is 2. The molecule has 2 heterocycles. The van der Waals surface area contributed by atoms with Crippen LogP contribution in [0.4, 0.5) is 5.95 Å². The first-order valence-corrected chi connectivity index (χ1v) is 6.70. The molecule has 20 heavy (non-hydrogen) atoms. The van der Waals surface area contributed by atoms with Crippen LogP contribution < -0.4 is 10.3 Å². The van der Waals surface area contributed by atoms with Crippen LogP contribution in [0.5, 0.6) is 0 Å². The van der Waals surface area contributed by atoms with Gasteiger partial charge in [-0.05, 0) is 17.7 Å². The summed E-state index contributed by atoms with van der Waals surface area (Å²) in [5.74, 6) is 0.876. The highest BCUT2D eigenvalue weighted by Gasteiger charge is 2.34. The van der Waals surface area contributed by atoms with Gasteiger partial charge in [0.15, 0.2) is 0 Å². The lowest BCUT2D eigenvalue weighted by atomic mass is 10.0. The molecule has 0 spiro atoms. The van der Waals surface area contributed by atoms with Gasteiger partial charge in [0.1, 0.15) is 17.1 Å². The van der Waals surface area contributed by atoms with E-state index in [0.717, 1.165) is 22.5 Å². The summed E-state index contributed by atoms with van der Waals surface area (Å²) in [5.41, 5.74) is 3.02. The topological polar surface area (TPSA) is 48.2 Å². The van der Waals surface area contributed by atoms with Crippen molar-refractivity contribution < 1.29 is 9.78 Å². The number of carbonyl (C=O) groups is 1. The van der Waals surface area contributed by atoms with Crippen molar-refractivity contribution in [2.45, 2.75) is 12.5 Å². The number of nitrogens with zero attached hydrogens (tertiary/aromatic N) is 1. The van der Waals surface area contributed by atoms with Crippen LogP contribution in [-0.2, 0) is 0 Å². The number of imidazole rings is 1. The zero-order valence-electron chi connectivity index (χ0n) is 10.8. The van der Waals surface area contributed by atoms with Crippen LogP contribution >= 0.6 is 0 Å². The Morgan fingerprint density at radius 1 is 1.05 bits per heavy atom. The molecule has 0 saturated heterocycles. The van der Waals surface area contributed by atoms with Gasteiger partial charge >= 0.3 is 5.95 Å². The van der Waals surface area contributed by atoms with E-state index in [1.165, 1.54) is 0 Å². The molecule has 4 heteroatoms. The quantitative estimate of drug-likeness (QED) is 0.734. The predicted molar refractivity (Wildman–Crippen MR) is 76.5 cm³/mol. The number of para-hydroxylation sites is 2. The summed E-state index contributed by atoms with van der Waals surface area (Å²) in [4.78, 5) is 15.7. The minimum Gasteiger partial charge on any atom is -0.269 e. The summed E-state index contributed by atoms with van der Waals surface area (Å²) in [6.07, 6.45) is 0.462. The van der Waals surface area contributed by atoms with Crippen molar-refractivity contribution in [2.24, 2.45) is 0 Å². The first-order valence-electron chi connectivity index (χ1n) is 6.70. The molecule has 1 aliphatic rings. The molecule has 1 atom stereocenters. The van der Waals surface area contributed by atoms with Gasteiger partial charge < -0.3 is 0 Å². The van der Waals surface area contributed by atoms with Gasteiger partial charge in [-0.2, -0.15) is 4.57 Å². The second-order valence-corrected chi connectivity index (χ2v) is 5.03. The maximum atomic E-state index is 12.4. The second kappa shape index (κ2) is 4.20. The van der Waals surface area contributed by atoms with E-state index in [1.807, 2.05) is 54.6 Å². The molecule has 1 unspecified atom stereocenters. The molecule has 0 aliphatic carbocycles. The number of hydrogen-bond acceptors (Lipinski definition) is 2. The molecule has 0 saturated carbocycles. The van der Waals surface area contributed by atoms with E-state index in [9.17, 15) is 4.79 Å². The number of fused-ring (bicyclic) bond motifs is 3. The van der Waals surface area contributed by atoms with Gasteiger partial charge in [0.05, 0.1) is 6.42 Å². The van der Waals surface area contributed by atoms with Crippen molar-refractivity contribution in [1.29, 1.82) is 0 Å². The molecule has 3 aromatic rings. The summed E-state index contributed by atoms with van der Waals surface area (Å²) >= 11 is 0. The van der Waals surface area contributed by atoms with E-state index in [2.05, 4.69) is 10.3 Å². The molecular formula is C16H14N3O+. The number of carbonyl (C=O) groups excluding carboxylic acids is 1. The lowest BCUT2D eigenvalue weighted by molar-refractivity contribution is -0.328. The first-order chi connectivity index (χ1) is 9.83. The average Bonchev–Trinajstić information content (AvgIpc) is 2.87. The van der Waals surface area contributed by atoms with Crippen molar-refractivity contribution >= 4 is 22.9 Å². The van der Waals surface area contributed by atoms with E-state index in [0.29, 0.717) is 6.42 Å². The highest BCUT2D eigenvalue weighted by atomic mass is 16.2. The Morgan fingerprint density at radius 2 is 1.80 bits per heavy atom. The largest absolute Gasteiger partial charge is 0.363 e. The second-order valence-electron chi connectivity index (χ2n) is 5.03. The van der Waals surface area contributed by atoms with Crippen LogP contribution in [0.3, 0.4) is 0 Å². The highest BCUT2D eigenvalue weighted by molar-refractivity contribution is 5.93. The van der Waals surface area contributed by atoms with Crippen LogP contribution in [-0.4, -0.2) is 10.5 Å². The fraction of sp³-hybridized carbons (Fsp3) is 0.125. The number of aromatic amines is 1. The lowest BCUT2D eigenvalue weighted by Crippen LogP contribution is -2.30. The molecule has 0 fully saturated rings. The standard InChI is InChI=1S/C16H13N3O/c20-15-10-13(11-6-2-1-3-7-11)18-16-17-12-8-4-5-9-14(12)19(15)16/h1-9,13H,10H2,(H,17,18)/p+1. The van der Waals surface area contributed by atoms with E-state index in [-0.39, 0.29) is 11.9 Å². The van der Waals surface area contributed by atoms with Crippen molar-refractivity contribution in [3.05, 3.63) is 60.2 Å². The molecule has 0 bridgehead atoms. The Morgan fingerprint density at radius 3 is 2.65 bits per heavy atom. The van der Waals surface area contributed by atoms with Gasteiger partial charge in [-0.1, -0.05) is 42.5 Å². The van der Waals surface area contributed by atoms with E-state index in [4.69, 9.17) is 0 Å². The van der Waals surface area contributed by atoms with Gasteiger partial charge in [0.2, 0.25) is 0 Å². The molecule has 0 radical (unpaired) electrons. The zero-order valence-corrected chi connectivity index (χ0v) is 10.8. The van der Waals surface area contributed by atoms with E-state index < -0.39 is 0 Å². The fourth-order valence-corrected chi connectivity index (χ4v) is 2.81. The molecule has 4 nitrogen and oxygen atoms in total. The molecular weight excluding hydrogens is 250 g/mol. The Kier molecular flexibility index (Phi) is 2.36. The van der Waals surface area contributed by atoms with Gasteiger partial charge in [0, 0.05) is 0 Å². The molecule has 2 aromatic carbocycles. The van der Waals surface area contributed by atoms with Gasteiger partial charge in [-0.3, -0.25) is 10.1 Å². The average molecular weight is 264 g/mol. The van der Waals surface area contributed by atoms with E-state index >= 15 is 0 Å². The number of anilines is 1. The van der Waals surface area contributed by atoms with E-state index in [1.54, 1.807) is 4.57 Å². The minimum absolute atomic E-state index is 0.0248. The number of nitrogens with one attached hydrogen (secondary N) is 2. The summed E-state index contributed by atoms with van der Waals surface area (Å²) < 4.78 is 1.73. The Labute approximate surface area is 116 Å². The third-order valence-corrected chi connectivity index (χ3v) is 3.76. The summed E-state index contributed by atoms with van der Waals surface area (Å²) in [6.45, 7) is 0. The summed E-state index contributed by atoms with van der Waals surface area (Å²) in [6, 6.07) is 17.9. The fourth-order valence-electron chi connectivity index (χ4n) is 2.81. The maximum absolute atomic E-state index is 12.4. The lowest BCUT2D eigenvalue weighted by Gasteiger charge is -2.19. The van der Waals surface area contributed by atoms with Crippen LogP contribution in [0, 0.1) is 0 Å². The Bertz CT molecular complexity index is 792. The summed E-state index contributed by atoms with van der Waals surface area (Å²) in [5, 5.41) is 3.42. The minimum atomic E-state index is 0.0248. The zero-order chi connectivity index (χ0) is 13.5. The molecule has 2 N–H and O–H groups in total. The smallest absolute Gasteiger partial charge is 0.269 e. The van der Waals surface area contributed by atoms with Gasteiger partial charge in [-0.15, -0.1) is 0 Å². The van der Waals surface area contributed by atoms with Gasteiger partial charge in [-0.25, -0.2) is 4.98 Å². The highest BCUT2D eigenvalue weighted by Crippen LogP contribution is 2.29. The van der Waals surface area contributed by atoms with Gasteiger partial charge in [0.25, 0.3) is 5.91 Å². The first kappa shape index (κ1) is 11.2. The van der Waals surface area contributed by atoms with Crippen LogP contribution in [0.2, 0.25) is 0 Å². The molecule has 1 aliphatic heterocycles. The van der Waals surface area contributed by atoms with Crippen molar-refractivity contribution in [3.63, 3.8) is 0 Å². The van der Waals surface area contributed by atoms with Crippen LogP contribution in [0.25, 0.3) is 11.0 Å². The number of H-pyrrole nitrogens is 1. The van der Waals surface area contributed by atoms with Crippen molar-refractivity contribution in [1.82, 2.24) is 4.57 Å². The normalized spacial score (nSPS) is 17.8. The van der Waals surface area contributed by atoms with Crippen molar-refractivity contribution in [3.8, 4) is 0 Å². The Balaban J connectivity index is 1.82. The number of rotatable bonds is 1. The van der Waals surface area contributed by atoms with Crippen LogP contribution in [0.1, 0.15) is 22.8 Å². The molecule has 1 aromatic heterocycles.